The van der Waals surface area contributed by atoms with Crippen LogP contribution in [0.15, 0.2) is 72.8 Å². The number of hydrogen-bond acceptors (Lipinski definition) is 7. The van der Waals surface area contributed by atoms with Gasteiger partial charge in [0.05, 0.1) is 24.5 Å². The smallest absolute Gasteiger partial charge is 0.343 e. The number of methoxy groups -OCH3 is 1. The van der Waals surface area contributed by atoms with Crippen LogP contribution in [0, 0.1) is 17.8 Å². The minimum absolute atomic E-state index is 0.177. The number of nitrogens with zero attached hydrogens (tertiary/aromatic N) is 2. The monoisotopic (exact) mass is 588 g/mol. The van der Waals surface area contributed by atoms with E-state index in [-0.39, 0.29) is 22.8 Å². The van der Waals surface area contributed by atoms with Gasteiger partial charge >= 0.3 is 5.97 Å². The average Bonchev–Trinajstić information content (AvgIpc) is 3.24. The molecule has 10 heteroatoms. The Balaban J connectivity index is 1.36. The highest BCUT2D eigenvalue weighted by atomic mass is 35.5. The molecular formula is C32H29ClN2O7. The normalized spacial score (nSPS) is 19.7. The van der Waals surface area contributed by atoms with Gasteiger partial charge in [-0.15, -0.1) is 0 Å². The van der Waals surface area contributed by atoms with Crippen molar-refractivity contribution in [3.05, 3.63) is 94.5 Å². The molecule has 2 aliphatic rings. The number of hydrazine groups is 1. The van der Waals surface area contributed by atoms with Crippen LogP contribution in [0.4, 0.5) is 0 Å². The first-order valence-corrected chi connectivity index (χ1v) is 14.0. The Kier molecular flexibility index (Phi) is 8.40. The summed E-state index contributed by atoms with van der Waals surface area (Å²) < 4.78 is 10.6. The van der Waals surface area contributed by atoms with Gasteiger partial charge in [-0.2, -0.15) is 5.01 Å². The van der Waals surface area contributed by atoms with E-state index in [1.54, 1.807) is 24.3 Å². The fourth-order valence-corrected chi connectivity index (χ4v) is 5.56. The van der Waals surface area contributed by atoms with Gasteiger partial charge < -0.3 is 9.47 Å². The lowest BCUT2D eigenvalue weighted by molar-refractivity contribution is -0.154. The van der Waals surface area contributed by atoms with Crippen molar-refractivity contribution in [1.82, 2.24) is 10.0 Å². The maximum Gasteiger partial charge on any atom is 0.343 e. The number of imide groups is 1. The number of ether oxygens (including phenoxy) is 2. The van der Waals surface area contributed by atoms with Crippen molar-refractivity contribution in [2.24, 2.45) is 17.8 Å². The van der Waals surface area contributed by atoms with E-state index in [0.717, 1.165) is 16.4 Å². The molecule has 1 saturated carbocycles. The van der Waals surface area contributed by atoms with E-state index in [4.69, 9.17) is 21.1 Å². The lowest BCUT2D eigenvalue weighted by Gasteiger charge is -2.30. The number of carbonyl (C=O) groups excluding carboxylic acids is 5. The highest BCUT2D eigenvalue weighted by Crippen LogP contribution is 2.41. The lowest BCUT2D eigenvalue weighted by atomic mass is 9.76. The zero-order chi connectivity index (χ0) is 30.0. The van der Waals surface area contributed by atoms with E-state index in [1.165, 1.54) is 55.6 Å². The van der Waals surface area contributed by atoms with Crippen LogP contribution >= 0.6 is 11.6 Å². The third kappa shape index (κ3) is 5.92. The summed E-state index contributed by atoms with van der Waals surface area (Å²) in [6, 6.07) is 18.3. The molecule has 1 aliphatic carbocycles. The Morgan fingerprint density at radius 2 is 1.52 bits per heavy atom. The third-order valence-corrected chi connectivity index (χ3v) is 7.97. The van der Waals surface area contributed by atoms with E-state index >= 15 is 0 Å². The Morgan fingerprint density at radius 1 is 0.857 bits per heavy atom. The predicted molar refractivity (Wildman–Crippen MR) is 153 cm³/mol. The molecule has 3 atom stereocenters. The molecule has 3 amide bonds. The van der Waals surface area contributed by atoms with Gasteiger partial charge in [-0.1, -0.05) is 24.6 Å². The summed E-state index contributed by atoms with van der Waals surface area (Å²) in [5.41, 5.74) is 0.673. The number of hydrogen-bond donors (Lipinski definition) is 0. The van der Waals surface area contributed by atoms with E-state index in [0.29, 0.717) is 29.2 Å². The molecule has 2 fully saturated rings. The van der Waals surface area contributed by atoms with Crippen molar-refractivity contribution in [3.8, 4) is 11.5 Å². The van der Waals surface area contributed by atoms with E-state index in [1.807, 2.05) is 6.92 Å². The molecule has 1 heterocycles. The quantitative estimate of drug-likeness (QED) is 0.153. The molecule has 1 saturated heterocycles. The van der Waals surface area contributed by atoms with Crippen molar-refractivity contribution >= 4 is 41.1 Å². The zero-order valence-electron chi connectivity index (χ0n) is 23.1. The summed E-state index contributed by atoms with van der Waals surface area (Å²) in [6.45, 7) is 1.49. The summed E-state index contributed by atoms with van der Waals surface area (Å²) in [6.07, 6.45) is 1.92. The van der Waals surface area contributed by atoms with E-state index in [9.17, 15) is 24.0 Å². The molecule has 9 nitrogen and oxygen atoms in total. The molecule has 0 radical (unpaired) electrons. The first-order chi connectivity index (χ1) is 20.2. The first kappa shape index (κ1) is 29.0. The molecule has 0 spiro atoms. The molecular weight excluding hydrogens is 560 g/mol. The number of ketones is 1. The second-order valence-corrected chi connectivity index (χ2v) is 11.0. The number of Topliss-reactive ketones (excluding diaryl/α,β-unsaturated/α-hetero) is 1. The van der Waals surface area contributed by atoms with Crippen LogP contribution in [0.3, 0.4) is 0 Å². The van der Waals surface area contributed by atoms with Crippen molar-refractivity contribution in [1.29, 1.82) is 0 Å². The van der Waals surface area contributed by atoms with E-state index in [2.05, 4.69) is 0 Å². The molecule has 0 N–H and O–H groups in total. The van der Waals surface area contributed by atoms with Gasteiger partial charge in [0.25, 0.3) is 17.7 Å². The van der Waals surface area contributed by atoms with Gasteiger partial charge in [0.1, 0.15) is 18.0 Å². The summed E-state index contributed by atoms with van der Waals surface area (Å²) in [7, 11) is 1.49. The number of fused-ring (bicyclic) bond motifs is 1. The van der Waals surface area contributed by atoms with Crippen molar-refractivity contribution in [3.63, 3.8) is 0 Å². The zero-order valence-corrected chi connectivity index (χ0v) is 23.9. The maximum absolute atomic E-state index is 13.6. The van der Waals surface area contributed by atoms with Crippen LogP contribution in [-0.2, 0) is 9.59 Å². The number of esters is 1. The number of halogens is 1. The van der Waals surface area contributed by atoms with Gasteiger partial charge in [-0.25, -0.2) is 9.80 Å². The summed E-state index contributed by atoms with van der Waals surface area (Å²) in [5, 5.41) is 2.22. The first-order valence-electron chi connectivity index (χ1n) is 13.6. The molecule has 0 bridgehead atoms. The number of carbonyl (C=O) groups is 5. The average molecular weight is 589 g/mol. The largest absolute Gasteiger partial charge is 0.497 e. The Bertz CT molecular complexity index is 1540. The lowest BCUT2D eigenvalue weighted by Crippen LogP contribution is -2.52. The molecule has 42 heavy (non-hydrogen) atoms. The standard InChI is InChI=1S/C32H29ClN2O7/c1-19-6-15-26-27(16-19)31(39)35(30(26)38)34(29(37)21-7-11-23(33)12-8-21)18-28(36)20-9-13-24(14-10-20)42-32(40)22-4-3-5-25(17-22)41-2/h3-5,7-14,17,19,26-27H,6,15-16,18H2,1-2H3/t19-,26-,27-/m1/s1. The SMILES string of the molecule is COc1cccc(C(=O)Oc2ccc(C(=O)CN(C(=O)c3ccc(Cl)cc3)N3C(=O)[C@@H]4CC[C@@H](C)C[C@H]4C3=O)cc2)c1. The molecule has 5 rings (SSSR count). The van der Waals surface area contributed by atoms with Crippen molar-refractivity contribution < 1.29 is 33.4 Å². The summed E-state index contributed by atoms with van der Waals surface area (Å²) in [4.78, 5) is 66.5. The second-order valence-electron chi connectivity index (χ2n) is 10.6. The van der Waals surface area contributed by atoms with Gasteiger partial charge in [0, 0.05) is 16.1 Å². The highest BCUT2D eigenvalue weighted by Gasteiger charge is 2.52. The topological polar surface area (TPSA) is 110 Å². The molecule has 1 aliphatic heterocycles. The third-order valence-electron chi connectivity index (χ3n) is 7.72. The van der Waals surface area contributed by atoms with Crippen LogP contribution in [0.5, 0.6) is 11.5 Å². The predicted octanol–water partition coefficient (Wildman–Crippen LogP) is 5.23. The summed E-state index contributed by atoms with van der Waals surface area (Å²) >= 11 is 5.99. The summed E-state index contributed by atoms with van der Waals surface area (Å²) in [5.74, 6) is -2.75. The van der Waals surface area contributed by atoms with Gasteiger partial charge in [0.15, 0.2) is 5.78 Å². The molecule has 0 unspecified atom stereocenters. The van der Waals surface area contributed by atoms with Crippen LogP contribution in [0.1, 0.15) is 57.3 Å². The highest BCUT2D eigenvalue weighted by molar-refractivity contribution is 6.30. The fraction of sp³-hybridized carbons (Fsp3) is 0.281. The van der Waals surface area contributed by atoms with Gasteiger partial charge in [0.2, 0.25) is 0 Å². The number of amides is 3. The number of benzene rings is 3. The van der Waals surface area contributed by atoms with Gasteiger partial charge in [-0.05, 0) is 91.9 Å². The second kappa shape index (κ2) is 12.2. The molecule has 0 aromatic heterocycles. The Morgan fingerprint density at radius 3 is 2.21 bits per heavy atom. The molecule has 216 valence electrons. The number of rotatable bonds is 8. The minimum Gasteiger partial charge on any atom is -0.497 e. The van der Waals surface area contributed by atoms with Crippen molar-refractivity contribution in [2.75, 3.05) is 13.7 Å². The Labute approximate surface area is 247 Å². The van der Waals surface area contributed by atoms with Crippen LogP contribution in [0.25, 0.3) is 0 Å². The van der Waals surface area contributed by atoms with Crippen molar-refractivity contribution in [2.45, 2.75) is 26.2 Å². The fourth-order valence-electron chi connectivity index (χ4n) is 5.44. The van der Waals surface area contributed by atoms with E-state index < -0.39 is 47.9 Å². The van der Waals surface area contributed by atoms with Crippen LogP contribution in [-0.4, -0.2) is 53.1 Å². The van der Waals surface area contributed by atoms with Gasteiger partial charge in [-0.3, -0.25) is 19.2 Å². The molecule has 3 aromatic rings. The Hall–Kier alpha value is -4.50. The minimum atomic E-state index is -0.669. The van der Waals surface area contributed by atoms with Crippen LogP contribution in [0.2, 0.25) is 5.02 Å². The molecule has 3 aromatic carbocycles. The van der Waals surface area contributed by atoms with Crippen LogP contribution < -0.4 is 9.47 Å². The maximum atomic E-state index is 13.6.